The second-order valence-electron chi connectivity index (χ2n) is 8.71. The van der Waals surface area contributed by atoms with Gasteiger partial charge in [-0.2, -0.15) is 0 Å². The van der Waals surface area contributed by atoms with Crippen molar-refractivity contribution in [3.8, 4) is 11.5 Å². The summed E-state index contributed by atoms with van der Waals surface area (Å²) in [6, 6.07) is 12.5. The molecule has 0 aromatic heterocycles. The quantitative estimate of drug-likeness (QED) is 0.740. The summed E-state index contributed by atoms with van der Waals surface area (Å²) in [4.78, 5) is 38.9. The minimum absolute atomic E-state index is 0.0118. The van der Waals surface area contributed by atoms with Gasteiger partial charge < -0.3 is 14.4 Å². The smallest absolute Gasteiger partial charge is 0.269 e. The van der Waals surface area contributed by atoms with E-state index in [1.165, 1.54) is 0 Å². The maximum atomic E-state index is 12.5. The van der Waals surface area contributed by atoms with Gasteiger partial charge in [0.1, 0.15) is 0 Å². The summed E-state index contributed by atoms with van der Waals surface area (Å²) in [6.45, 7) is 6.66. The van der Waals surface area contributed by atoms with E-state index in [0.717, 1.165) is 5.56 Å². The monoisotopic (exact) mass is 423 g/mol. The molecule has 2 aromatic carbocycles. The molecule has 0 spiro atoms. The molecule has 4 rings (SSSR count). The summed E-state index contributed by atoms with van der Waals surface area (Å²) in [5, 5.41) is 0. The van der Waals surface area contributed by atoms with Gasteiger partial charge in [-0.05, 0) is 35.2 Å². The van der Waals surface area contributed by atoms with Crippen molar-refractivity contribution in [2.75, 3.05) is 18.2 Å². The highest BCUT2D eigenvalue weighted by Crippen LogP contribution is 2.37. The molecule has 0 saturated carbocycles. The van der Waals surface area contributed by atoms with Gasteiger partial charge in [0.15, 0.2) is 11.5 Å². The van der Waals surface area contributed by atoms with Gasteiger partial charge in [0.05, 0.1) is 5.92 Å². The van der Waals surface area contributed by atoms with Crippen LogP contribution in [0.25, 0.3) is 0 Å². The Morgan fingerprint density at radius 3 is 2.42 bits per heavy atom. The number of amides is 3. The molecule has 3 amide bonds. The van der Waals surface area contributed by atoms with Gasteiger partial charge in [0, 0.05) is 30.3 Å². The van der Waals surface area contributed by atoms with Gasteiger partial charge in [-0.15, -0.1) is 0 Å². The van der Waals surface area contributed by atoms with E-state index in [4.69, 9.17) is 9.47 Å². The Bertz CT molecular complexity index is 1030. The van der Waals surface area contributed by atoms with E-state index in [1.807, 2.05) is 12.1 Å². The van der Waals surface area contributed by atoms with Gasteiger partial charge in [-0.25, -0.2) is 0 Å². The standard InChI is InChI=1S/C23H25N3O5/c1-23(2,3)16-6-4-14(5-7-16)21(28)24-25-22(29)15-10-20(27)26(12-15)17-8-9-18-19(11-17)31-13-30-18/h4-9,11,15H,10,12-13H2,1-3H3,(H,24,28)(H,25,29). The summed E-state index contributed by atoms with van der Waals surface area (Å²) in [6.07, 6.45) is 0.0659. The maximum Gasteiger partial charge on any atom is 0.269 e. The van der Waals surface area contributed by atoms with Crippen LogP contribution in [0, 0.1) is 5.92 Å². The van der Waals surface area contributed by atoms with Crippen molar-refractivity contribution in [3.63, 3.8) is 0 Å². The van der Waals surface area contributed by atoms with Crippen molar-refractivity contribution in [2.24, 2.45) is 5.92 Å². The zero-order valence-corrected chi connectivity index (χ0v) is 17.7. The third-order valence-electron chi connectivity index (χ3n) is 5.48. The van der Waals surface area contributed by atoms with E-state index in [9.17, 15) is 14.4 Å². The SMILES string of the molecule is CC(C)(C)c1ccc(C(=O)NNC(=O)C2CC(=O)N(c3ccc4c(c3)OCO4)C2)cc1. The number of carbonyl (C=O) groups excluding carboxylic acids is 3. The van der Waals surface area contributed by atoms with E-state index < -0.39 is 17.7 Å². The number of rotatable bonds is 3. The number of ether oxygens (including phenoxy) is 2. The van der Waals surface area contributed by atoms with Crippen molar-refractivity contribution < 1.29 is 23.9 Å². The molecule has 162 valence electrons. The molecule has 0 radical (unpaired) electrons. The van der Waals surface area contributed by atoms with Crippen LogP contribution >= 0.6 is 0 Å². The van der Waals surface area contributed by atoms with Gasteiger partial charge in [-0.1, -0.05) is 32.9 Å². The van der Waals surface area contributed by atoms with Crippen molar-refractivity contribution in [3.05, 3.63) is 53.6 Å². The Hall–Kier alpha value is -3.55. The fourth-order valence-corrected chi connectivity index (χ4v) is 3.60. The molecule has 2 N–H and O–H groups in total. The van der Waals surface area contributed by atoms with Crippen LogP contribution in [-0.2, 0) is 15.0 Å². The zero-order chi connectivity index (χ0) is 22.2. The molecule has 2 aliphatic heterocycles. The second kappa shape index (κ2) is 7.94. The number of nitrogens with zero attached hydrogens (tertiary/aromatic N) is 1. The van der Waals surface area contributed by atoms with E-state index in [2.05, 4.69) is 31.6 Å². The first-order valence-electron chi connectivity index (χ1n) is 10.1. The molecular weight excluding hydrogens is 398 g/mol. The fourth-order valence-electron chi connectivity index (χ4n) is 3.60. The van der Waals surface area contributed by atoms with Crippen molar-refractivity contribution in [1.29, 1.82) is 0 Å². The van der Waals surface area contributed by atoms with Crippen LogP contribution in [0.1, 0.15) is 43.1 Å². The molecule has 1 atom stereocenters. The molecule has 1 fully saturated rings. The first kappa shape index (κ1) is 20.7. The van der Waals surface area contributed by atoms with Gasteiger partial charge in [-0.3, -0.25) is 25.2 Å². The van der Waals surface area contributed by atoms with Crippen LogP contribution < -0.4 is 25.2 Å². The van der Waals surface area contributed by atoms with Crippen LogP contribution in [0.4, 0.5) is 5.69 Å². The first-order chi connectivity index (χ1) is 14.7. The fraction of sp³-hybridized carbons (Fsp3) is 0.348. The van der Waals surface area contributed by atoms with Gasteiger partial charge in [0.25, 0.3) is 5.91 Å². The summed E-state index contributed by atoms with van der Waals surface area (Å²) < 4.78 is 10.6. The minimum Gasteiger partial charge on any atom is -0.454 e. The van der Waals surface area contributed by atoms with E-state index in [1.54, 1.807) is 35.2 Å². The van der Waals surface area contributed by atoms with Crippen molar-refractivity contribution >= 4 is 23.4 Å². The summed E-state index contributed by atoms with van der Waals surface area (Å²) in [5.74, 6) is -0.350. The van der Waals surface area contributed by atoms with Crippen molar-refractivity contribution in [2.45, 2.75) is 32.6 Å². The van der Waals surface area contributed by atoms with Crippen LogP contribution in [0.2, 0.25) is 0 Å². The number of hydrazine groups is 1. The zero-order valence-electron chi connectivity index (χ0n) is 17.7. The van der Waals surface area contributed by atoms with Crippen LogP contribution in [0.5, 0.6) is 11.5 Å². The number of benzene rings is 2. The minimum atomic E-state index is -0.568. The Kier molecular flexibility index (Phi) is 5.31. The van der Waals surface area contributed by atoms with E-state index in [0.29, 0.717) is 22.7 Å². The third kappa shape index (κ3) is 4.33. The molecule has 31 heavy (non-hydrogen) atoms. The first-order valence-corrected chi connectivity index (χ1v) is 10.1. The number of fused-ring (bicyclic) bond motifs is 1. The predicted octanol–water partition coefficient (Wildman–Crippen LogP) is 2.53. The van der Waals surface area contributed by atoms with Crippen LogP contribution in [-0.4, -0.2) is 31.1 Å². The largest absolute Gasteiger partial charge is 0.454 e. The summed E-state index contributed by atoms with van der Waals surface area (Å²) >= 11 is 0. The number of nitrogens with one attached hydrogen (secondary N) is 2. The average Bonchev–Trinajstić information content (AvgIpc) is 3.37. The van der Waals surface area contributed by atoms with E-state index in [-0.39, 0.29) is 31.1 Å². The van der Waals surface area contributed by atoms with Crippen molar-refractivity contribution in [1.82, 2.24) is 10.9 Å². The Labute approximate surface area is 180 Å². The molecule has 2 aliphatic rings. The van der Waals surface area contributed by atoms with Gasteiger partial charge in [0.2, 0.25) is 18.6 Å². The maximum absolute atomic E-state index is 12.5. The lowest BCUT2D eigenvalue weighted by molar-refractivity contribution is -0.126. The van der Waals surface area contributed by atoms with Gasteiger partial charge >= 0.3 is 0 Å². The molecule has 8 heteroatoms. The van der Waals surface area contributed by atoms with Crippen LogP contribution in [0.15, 0.2) is 42.5 Å². The molecule has 2 heterocycles. The number of carbonyl (C=O) groups is 3. The summed E-state index contributed by atoms with van der Waals surface area (Å²) in [7, 11) is 0. The topological polar surface area (TPSA) is 97.0 Å². The Balaban J connectivity index is 1.34. The van der Waals surface area contributed by atoms with Crippen LogP contribution in [0.3, 0.4) is 0 Å². The molecule has 1 unspecified atom stereocenters. The number of anilines is 1. The summed E-state index contributed by atoms with van der Waals surface area (Å²) in [5.41, 5.74) is 7.06. The second-order valence-corrected chi connectivity index (χ2v) is 8.71. The number of hydrogen-bond donors (Lipinski definition) is 2. The lowest BCUT2D eigenvalue weighted by Gasteiger charge is -2.19. The average molecular weight is 423 g/mol. The third-order valence-corrected chi connectivity index (χ3v) is 5.48. The number of hydrogen-bond acceptors (Lipinski definition) is 5. The predicted molar refractivity (Wildman–Crippen MR) is 114 cm³/mol. The Morgan fingerprint density at radius 2 is 1.71 bits per heavy atom. The molecular formula is C23H25N3O5. The lowest BCUT2D eigenvalue weighted by atomic mass is 9.87. The highest BCUT2D eigenvalue weighted by molar-refractivity contribution is 6.01. The Morgan fingerprint density at radius 1 is 1.00 bits per heavy atom. The van der Waals surface area contributed by atoms with E-state index >= 15 is 0 Å². The highest BCUT2D eigenvalue weighted by Gasteiger charge is 2.36. The molecule has 1 saturated heterocycles. The lowest BCUT2D eigenvalue weighted by Crippen LogP contribution is -2.45. The highest BCUT2D eigenvalue weighted by atomic mass is 16.7. The molecule has 8 nitrogen and oxygen atoms in total. The normalized spacial score (nSPS) is 17.6. The molecule has 2 aromatic rings. The molecule has 0 aliphatic carbocycles. The molecule has 0 bridgehead atoms.